The van der Waals surface area contributed by atoms with Gasteiger partial charge in [-0.25, -0.2) is 4.79 Å². The molecule has 2 aromatic rings. The minimum atomic E-state index is -0.501. The second kappa shape index (κ2) is 5.17. The molecule has 0 saturated carbocycles. The maximum Gasteiger partial charge on any atom is 0.345 e. The van der Waals surface area contributed by atoms with Crippen LogP contribution in [0.15, 0.2) is 30.3 Å². The third-order valence-electron chi connectivity index (χ3n) is 2.03. The van der Waals surface area contributed by atoms with Gasteiger partial charge < -0.3 is 10.5 Å². The van der Waals surface area contributed by atoms with Crippen LogP contribution in [0.1, 0.15) is 10.4 Å². The molecule has 0 saturated heterocycles. The molecule has 17 heavy (non-hydrogen) atoms. The number of ether oxygens (including phenoxy) is 1. The maximum atomic E-state index is 11.7. The molecule has 0 aliphatic rings. The van der Waals surface area contributed by atoms with Crippen LogP contribution in [-0.4, -0.2) is 32.7 Å². The van der Waals surface area contributed by atoms with E-state index in [0.717, 1.165) is 0 Å². The summed E-state index contributed by atoms with van der Waals surface area (Å²) in [7, 11) is 0. The predicted octanol–water partition coefficient (Wildman–Crippen LogP) is -0.149. The van der Waals surface area contributed by atoms with Crippen molar-refractivity contribution in [2.24, 2.45) is 5.73 Å². The zero-order chi connectivity index (χ0) is 12.1. The van der Waals surface area contributed by atoms with Crippen molar-refractivity contribution in [1.82, 2.24) is 20.2 Å². The van der Waals surface area contributed by atoms with Gasteiger partial charge in [0.25, 0.3) is 0 Å². The monoisotopic (exact) mass is 233 g/mol. The van der Waals surface area contributed by atoms with Crippen molar-refractivity contribution in [3.05, 3.63) is 35.9 Å². The summed E-state index contributed by atoms with van der Waals surface area (Å²) in [5, 5.41) is 10.7. The fourth-order valence-corrected chi connectivity index (χ4v) is 1.25. The summed E-state index contributed by atoms with van der Waals surface area (Å²) in [5.74, 6) is -0.501. The second-order valence-corrected chi connectivity index (χ2v) is 3.23. The van der Waals surface area contributed by atoms with Gasteiger partial charge in [-0.1, -0.05) is 23.3 Å². The lowest BCUT2D eigenvalue weighted by molar-refractivity contribution is 0.0710. The fourth-order valence-electron chi connectivity index (χ4n) is 1.25. The van der Waals surface area contributed by atoms with Crippen LogP contribution in [0, 0.1) is 0 Å². The number of nitrogens with zero attached hydrogens (tertiary/aromatic N) is 4. The van der Waals surface area contributed by atoms with Crippen LogP contribution in [0.5, 0.6) is 6.01 Å². The number of carbonyl (C=O) groups excluding carboxylic acids is 1. The van der Waals surface area contributed by atoms with Gasteiger partial charge in [-0.15, -0.1) is 0 Å². The predicted molar refractivity (Wildman–Crippen MR) is 58.3 cm³/mol. The molecule has 0 amide bonds. The van der Waals surface area contributed by atoms with Gasteiger partial charge in [0.15, 0.2) is 0 Å². The Morgan fingerprint density at radius 2 is 2.12 bits per heavy atom. The molecule has 0 radical (unpaired) electrons. The van der Waals surface area contributed by atoms with E-state index in [1.165, 1.54) is 4.68 Å². The molecular weight excluding hydrogens is 222 g/mol. The fraction of sp³-hybridized carbons (Fsp3) is 0.200. The van der Waals surface area contributed by atoms with E-state index >= 15 is 0 Å². The summed E-state index contributed by atoms with van der Waals surface area (Å²) in [6.07, 6.45) is 0. The number of rotatable bonds is 4. The molecule has 0 spiro atoms. The molecule has 88 valence electrons. The van der Waals surface area contributed by atoms with E-state index in [4.69, 9.17) is 10.5 Å². The smallest absolute Gasteiger partial charge is 0.345 e. The first kappa shape index (κ1) is 11.2. The van der Waals surface area contributed by atoms with Gasteiger partial charge in [0.1, 0.15) is 0 Å². The molecule has 1 aromatic heterocycles. The lowest BCUT2D eigenvalue weighted by atomic mass is 10.2. The molecule has 0 aliphatic heterocycles. The number of hydrogen-bond donors (Lipinski definition) is 1. The van der Waals surface area contributed by atoms with E-state index in [9.17, 15) is 4.79 Å². The Morgan fingerprint density at radius 3 is 2.82 bits per heavy atom. The Labute approximate surface area is 97.2 Å². The van der Waals surface area contributed by atoms with E-state index in [1.807, 2.05) is 6.07 Å². The number of tetrazole rings is 1. The average Bonchev–Trinajstić information content (AvgIpc) is 2.78. The highest BCUT2D eigenvalue weighted by Crippen LogP contribution is 2.07. The minimum absolute atomic E-state index is 0.0457. The highest BCUT2D eigenvalue weighted by atomic mass is 16.6. The lowest BCUT2D eigenvalue weighted by Crippen LogP contribution is -2.16. The number of hydrogen-bond acceptors (Lipinski definition) is 6. The maximum absolute atomic E-state index is 11.7. The van der Waals surface area contributed by atoms with Gasteiger partial charge in [-0.2, -0.15) is 4.68 Å². The van der Waals surface area contributed by atoms with Gasteiger partial charge in [0.05, 0.1) is 12.1 Å². The van der Waals surface area contributed by atoms with Gasteiger partial charge >= 0.3 is 12.0 Å². The summed E-state index contributed by atoms with van der Waals surface area (Å²) in [5.41, 5.74) is 5.81. The average molecular weight is 233 g/mol. The largest absolute Gasteiger partial charge is 0.386 e. The first-order valence-corrected chi connectivity index (χ1v) is 5.04. The van der Waals surface area contributed by atoms with E-state index in [0.29, 0.717) is 18.7 Å². The molecule has 7 heteroatoms. The van der Waals surface area contributed by atoms with Crippen molar-refractivity contribution >= 4 is 5.97 Å². The number of esters is 1. The van der Waals surface area contributed by atoms with Crippen molar-refractivity contribution in [1.29, 1.82) is 0 Å². The standard InChI is InChI=1S/C10H11N5O2/c11-6-7-15-10(12-13-14-15)17-9(16)8-4-2-1-3-5-8/h1-5H,6-7,11H2. The molecule has 2 N–H and O–H groups in total. The molecule has 0 fully saturated rings. The van der Waals surface area contributed by atoms with Gasteiger partial charge in [0, 0.05) is 6.54 Å². The highest BCUT2D eigenvalue weighted by molar-refractivity contribution is 5.90. The SMILES string of the molecule is NCCn1nnnc1OC(=O)c1ccccc1. The Kier molecular flexibility index (Phi) is 3.41. The molecule has 0 aliphatic carbocycles. The van der Waals surface area contributed by atoms with Gasteiger partial charge in [-0.3, -0.25) is 0 Å². The lowest BCUT2D eigenvalue weighted by Gasteiger charge is -2.03. The summed E-state index contributed by atoms with van der Waals surface area (Å²) < 4.78 is 6.39. The minimum Gasteiger partial charge on any atom is -0.386 e. The van der Waals surface area contributed by atoms with Crippen LogP contribution in [0.25, 0.3) is 0 Å². The van der Waals surface area contributed by atoms with Crippen LogP contribution in [0.2, 0.25) is 0 Å². The Bertz CT molecular complexity index is 496. The number of benzene rings is 1. The molecule has 0 bridgehead atoms. The van der Waals surface area contributed by atoms with Crippen LogP contribution >= 0.6 is 0 Å². The normalized spacial score (nSPS) is 10.2. The first-order chi connectivity index (χ1) is 8.31. The summed E-state index contributed by atoms with van der Waals surface area (Å²) >= 11 is 0. The summed E-state index contributed by atoms with van der Waals surface area (Å²) in [6.45, 7) is 0.755. The van der Waals surface area contributed by atoms with Crippen molar-refractivity contribution < 1.29 is 9.53 Å². The van der Waals surface area contributed by atoms with Crippen LogP contribution < -0.4 is 10.5 Å². The molecule has 2 rings (SSSR count). The van der Waals surface area contributed by atoms with Crippen LogP contribution in [-0.2, 0) is 6.54 Å². The molecular formula is C10H11N5O2. The number of aromatic nitrogens is 4. The number of nitrogens with two attached hydrogens (primary N) is 1. The van der Waals surface area contributed by atoms with E-state index < -0.39 is 5.97 Å². The molecule has 1 heterocycles. The summed E-state index contributed by atoms with van der Waals surface area (Å²) in [6, 6.07) is 8.66. The van der Waals surface area contributed by atoms with Crippen molar-refractivity contribution in [3.8, 4) is 6.01 Å². The second-order valence-electron chi connectivity index (χ2n) is 3.23. The topological polar surface area (TPSA) is 95.9 Å². The Balaban J connectivity index is 2.11. The van der Waals surface area contributed by atoms with Gasteiger partial charge in [-0.05, 0) is 22.6 Å². The zero-order valence-electron chi connectivity index (χ0n) is 8.98. The van der Waals surface area contributed by atoms with Crippen molar-refractivity contribution in [2.75, 3.05) is 6.54 Å². The van der Waals surface area contributed by atoms with Crippen LogP contribution in [0.4, 0.5) is 0 Å². The number of carbonyl (C=O) groups is 1. The molecule has 1 aromatic carbocycles. The van der Waals surface area contributed by atoms with Crippen molar-refractivity contribution in [2.45, 2.75) is 6.54 Å². The van der Waals surface area contributed by atoms with Gasteiger partial charge in [0.2, 0.25) is 0 Å². The summed E-state index contributed by atoms with van der Waals surface area (Å²) in [4.78, 5) is 11.7. The first-order valence-electron chi connectivity index (χ1n) is 5.04. The van der Waals surface area contributed by atoms with E-state index in [2.05, 4.69) is 15.5 Å². The molecule has 7 nitrogen and oxygen atoms in total. The van der Waals surface area contributed by atoms with Crippen LogP contribution in [0.3, 0.4) is 0 Å². The zero-order valence-corrected chi connectivity index (χ0v) is 8.98. The molecule has 0 unspecified atom stereocenters. The Morgan fingerprint density at radius 1 is 1.35 bits per heavy atom. The Hall–Kier alpha value is -2.28. The quantitative estimate of drug-likeness (QED) is 0.738. The van der Waals surface area contributed by atoms with Crippen molar-refractivity contribution in [3.63, 3.8) is 0 Å². The van der Waals surface area contributed by atoms with E-state index in [1.54, 1.807) is 24.3 Å². The highest BCUT2D eigenvalue weighted by Gasteiger charge is 2.13. The van der Waals surface area contributed by atoms with E-state index in [-0.39, 0.29) is 6.01 Å². The third-order valence-corrected chi connectivity index (χ3v) is 2.03. The molecule has 0 atom stereocenters. The third kappa shape index (κ3) is 2.64.